The molecule has 0 fully saturated rings. The van der Waals surface area contributed by atoms with Crippen molar-refractivity contribution in [3.63, 3.8) is 0 Å². The number of hydroxylamine groups is 2. The van der Waals surface area contributed by atoms with E-state index in [1.165, 1.54) is 12.2 Å². The first-order chi connectivity index (χ1) is 9.68. The zero-order valence-corrected chi connectivity index (χ0v) is 14.2. The lowest BCUT2D eigenvalue weighted by Gasteiger charge is -2.33. The Kier molecular flexibility index (Phi) is 8.51. The molecular formula is C15H30N2O4. The number of unbranched alkanes of at least 4 members (excludes halogenated alkanes) is 2. The molecule has 1 N–H and O–H groups in total. The number of alkyl carbamates (subject to hydrolysis) is 1. The Balaban J connectivity index is 4.90. The lowest BCUT2D eigenvalue weighted by molar-refractivity contribution is -0.136. The Hall–Kier alpha value is -1.14. The zero-order chi connectivity index (χ0) is 16.5. The van der Waals surface area contributed by atoms with Crippen LogP contribution < -0.4 is 5.32 Å². The summed E-state index contributed by atoms with van der Waals surface area (Å²) < 4.78 is 5.25. The third kappa shape index (κ3) is 8.67. The third-order valence-corrected chi connectivity index (χ3v) is 3.02. The monoisotopic (exact) mass is 302 g/mol. The standard InChI is InChI=1S/C15H30N2O4/c1-7-8-9-10-15(12-18,11-17(5)20-6)16-13(19)21-14(2,3)4/h12H,7-11H2,1-6H3,(H,16,19). The summed E-state index contributed by atoms with van der Waals surface area (Å²) in [7, 11) is 3.24. The van der Waals surface area contributed by atoms with Crippen LogP contribution >= 0.6 is 0 Å². The second-order valence-corrected chi connectivity index (χ2v) is 6.33. The Morgan fingerprint density at radius 3 is 2.33 bits per heavy atom. The van der Waals surface area contributed by atoms with Crippen molar-refractivity contribution < 1.29 is 19.2 Å². The van der Waals surface area contributed by atoms with Gasteiger partial charge in [-0.25, -0.2) is 4.79 Å². The first kappa shape index (κ1) is 19.9. The molecule has 21 heavy (non-hydrogen) atoms. The van der Waals surface area contributed by atoms with Crippen LogP contribution in [-0.2, 0) is 14.4 Å². The van der Waals surface area contributed by atoms with Crippen molar-refractivity contribution in [2.75, 3.05) is 20.7 Å². The molecule has 0 aromatic rings. The van der Waals surface area contributed by atoms with Crippen LogP contribution in [0.4, 0.5) is 4.79 Å². The van der Waals surface area contributed by atoms with Crippen molar-refractivity contribution in [3.8, 4) is 0 Å². The quantitative estimate of drug-likeness (QED) is 0.403. The molecule has 0 radical (unpaired) electrons. The van der Waals surface area contributed by atoms with Crippen LogP contribution in [0, 0.1) is 0 Å². The number of nitrogens with zero attached hydrogens (tertiary/aromatic N) is 1. The predicted octanol–water partition coefficient (Wildman–Crippen LogP) is 2.52. The summed E-state index contributed by atoms with van der Waals surface area (Å²) in [5.41, 5.74) is -1.60. The van der Waals surface area contributed by atoms with Gasteiger partial charge in [0.1, 0.15) is 17.4 Å². The van der Waals surface area contributed by atoms with Gasteiger partial charge in [-0.1, -0.05) is 26.2 Å². The van der Waals surface area contributed by atoms with Crippen molar-refractivity contribution in [2.24, 2.45) is 0 Å². The van der Waals surface area contributed by atoms with Crippen LogP contribution in [0.25, 0.3) is 0 Å². The number of likely N-dealkylation sites (N-methyl/N-ethyl adjacent to an activating group) is 1. The van der Waals surface area contributed by atoms with Crippen LogP contribution in [0.2, 0.25) is 0 Å². The second-order valence-electron chi connectivity index (χ2n) is 6.33. The highest BCUT2D eigenvalue weighted by molar-refractivity contribution is 5.77. The van der Waals surface area contributed by atoms with Gasteiger partial charge < -0.3 is 19.7 Å². The Bertz CT molecular complexity index is 328. The molecule has 0 aliphatic carbocycles. The molecule has 0 bridgehead atoms. The number of carbonyl (C=O) groups is 2. The molecule has 0 saturated heterocycles. The minimum atomic E-state index is -0.998. The first-order valence-electron chi connectivity index (χ1n) is 7.41. The highest BCUT2D eigenvalue weighted by Crippen LogP contribution is 2.17. The number of carbonyl (C=O) groups excluding carboxylic acids is 2. The van der Waals surface area contributed by atoms with E-state index in [-0.39, 0.29) is 6.54 Å². The normalized spacial score (nSPS) is 14.6. The molecule has 1 amide bonds. The summed E-state index contributed by atoms with van der Waals surface area (Å²) >= 11 is 0. The fourth-order valence-electron chi connectivity index (χ4n) is 1.97. The van der Waals surface area contributed by atoms with Crippen LogP contribution in [0.5, 0.6) is 0 Å². The van der Waals surface area contributed by atoms with Crippen molar-refractivity contribution in [1.29, 1.82) is 0 Å². The van der Waals surface area contributed by atoms with E-state index in [4.69, 9.17) is 9.57 Å². The molecule has 0 saturated carbocycles. The van der Waals surface area contributed by atoms with Crippen molar-refractivity contribution >= 4 is 12.4 Å². The number of rotatable bonds is 9. The molecule has 0 rings (SSSR count). The second kappa shape index (κ2) is 9.00. The molecule has 0 heterocycles. The van der Waals surface area contributed by atoms with Crippen LogP contribution in [0.3, 0.4) is 0 Å². The Morgan fingerprint density at radius 1 is 1.29 bits per heavy atom. The van der Waals surface area contributed by atoms with Gasteiger partial charge in [0, 0.05) is 7.05 Å². The van der Waals surface area contributed by atoms with E-state index in [2.05, 4.69) is 12.2 Å². The summed E-state index contributed by atoms with van der Waals surface area (Å²) in [6.45, 7) is 7.72. The molecule has 124 valence electrons. The molecule has 0 spiro atoms. The van der Waals surface area contributed by atoms with Crippen molar-refractivity contribution in [1.82, 2.24) is 10.4 Å². The topological polar surface area (TPSA) is 67.9 Å². The van der Waals surface area contributed by atoms with E-state index in [0.29, 0.717) is 6.42 Å². The predicted molar refractivity (Wildman–Crippen MR) is 81.9 cm³/mol. The molecular weight excluding hydrogens is 272 g/mol. The third-order valence-electron chi connectivity index (χ3n) is 3.02. The summed E-state index contributed by atoms with van der Waals surface area (Å²) in [6, 6.07) is 0. The van der Waals surface area contributed by atoms with Gasteiger partial charge in [0.05, 0.1) is 13.7 Å². The van der Waals surface area contributed by atoms with E-state index in [0.717, 1.165) is 25.5 Å². The Morgan fingerprint density at radius 2 is 1.90 bits per heavy atom. The first-order valence-corrected chi connectivity index (χ1v) is 7.41. The Labute approximate surface area is 128 Å². The fraction of sp³-hybridized carbons (Fsp3) is 0.867. The van der Waals surface area contributed by atoms with Crippen LogP contribution in [0.15, 0.2) is 0 Å². The molecule has 1 atom stereocenters. The molecule has 0 aliphatic rings. The van der Waals surface area contributed by atoms with Crippen LogP contribution in [0.1, 0.15) is 53.4 Å². The number of aldehydes is 1. The lowest BCUT2D eigenvalue weighted by atomic mass is 9.93. The van der Waals surface area contributed by atoms with Gasteiger partial charge in [0.2, 0.25) is 0 Å². The maximum absolute atomic E-state index is 12.0. The van der Waals surface area contributed by atoms with E-state index >= 15 is 0 Å². The van der Waals surface area contributed by atoms with Gasteiger partial charge in [-0.3, -0.25) is 0 Å². The van der Waals surface area contributed by atoms with Gasteiger partial charge in [-0.2, -0.15) is 5.06 Å². The summed E-state index contributed by atoms with van der Waals surface area (Å²) in [6.07, 6.45) is 3.64. The van der Waals surface area contributed by atoms with Gasteiger partial charge in [-0.15, -0.1) is 0 Å². The van der Waals surface area contributed by atoms with Gasteiger partial charge in [0.15, 0.2) is 0 Å². The maximum Gasteiger partial charge on any atom is 0.408 e. The number of nitrogens with one attached hydrogen (secondary N) is 1. The average molecular weight is 302 g/mol. The largest absolute Gasteiger partial charge is 0.444 e. The highest BCUT2D eigenvalue weighted by Gasteiger charge is 2.34. The summed E-state index contributed by atoms with van der Waals surface area (Å²) in [5.74, 6) is 0. The minimum Gasteiger partial charge on any atom is -0.444 e. The molecule has 0 aliphatic heterocycles. The number of hydrogen-bond donors (Lipinski definition) is 1. The lowest BCUT2D eigenvalue weighted by Crippen LogP contribution is -2.57. The summed E-state index contributed by atoms with van der Waals surface area (Å²) in [4.78, 5) is 28.7. The maximum atomic E-state index is 12.0. The fourth-order valence-corrected chi connectivity index (χ4v) is 1.97. The van der Waals surface area contributed by atoms with E-state index in [1.54, 1.807) is 27.8 Å². The number of hydrogen-bond acceptors (Lipinski definition) is 5. The SMILES string of the molecule is CCCCCC(C=O)(CN(C)OC)NC(=O)OC(C)(C)C. The molecule has 6 nitrogen and oxygen atoms in total. The van der Waals surface area contributed by atoms with Gasteiger partial charge in [0.25, 0.3) is 0 Å². The van der Waals surface area contributed by atoms with E-state index in [9.17, 15) is 9.59 Å². The van der Waals surface area contributed by atoms with Crippen LogP contribution in [-0.4, -0.2) is 49.3 Å². The molecule has 1 unspecified atom stereocenters. The van der Waals surface area contributed by atoms with E-state index in [1.807, 2.05) is 0 Å². The zero-order valence-electron chi connectivity index (χ0n) is 14.2. The van der Waals surface area contributed by atoms with Crippen molar-refractivity contribution in [2.45, 2.75) is 64.5 Å². The summed E-state index contributed by atoms with van der Waals surface area (Å²) in [5, 5.41) is 4.24. The van der Waals surface area contributed by atoms with E-state index < -0.39 is 17.2 Å². The average Bonchev–Trinajstić information content (AvgIpc) is 2.36. The molecule has 0 aromatic heterocycles. The van der Waals surface area contributed by atoms with Gasteiger partial charge >= 0.3 is 6.09 Å². The smallest absolute Gasteiger partial charge is 0.408 e. The number of amides is 1. The highest BCUT2D eigenvalue weighted by atomic mass is 16.7. The molecule has 6 heteroatoms. The van der Waals surface area contributed by atoms with Gasteiger partial charge in [-0.05, 0) is 27.2 Å². The molecule has 0 aromatic carbocycles. The minimum absolute atomic E-state index is 0.274. The van der Waals surface area contributed by atoms with Crippen molar-refractivity contribution in [3.05, 3.63) is 0 Å². The number of ether oxygens (including phenoxy) is 1.